The number of halogens is 2. The molecule has 7 aliphatic heterocycles. The van der Waals surface area contributed by atoms with Crippen LogP contribution in [0.15, 0.2) is 103 Å². The van der Waals surface area contributed by atoms with E-state index in [4.69, 9.17) is 72.6 Å². The number of aliphatic hydroxyl groups is 6. The summed E-state index contributed by atoms with van der Waals surface area (Å²) in [6, 6.07) is 2.96. The zero-order valence-electron chi connectivity index (χ0n) is 63.4. The van der Waals surface area contributed by atoms with E-state index < -0.39 is 243 Å². The molecule has 0 saturated carbocycles. The molecule has 11 bridgehead atoms. The number of hydrogen-bond acceptors (Lipinski definition) is 29. The first-order chi connectivity index (χ1) is 55.6. The third kappa shape index (κ3) is 20.5. The number of aliphatic hydroxyl groups excluding tert-OH is 6. The Kier molecular flexibility index (Phi) is 28.1. The molecule has 38 nitrogen and oxygen atoms in total. The molecule has 117 heavy (non-hydrogen) atoms. The fraction of sp³-hybridized carbons (Fsp3) is 0.429. The third-order valence-electron chi connectivity index (χ3n) is 19.9. The molecule has 5 aromatic carbocycles. The molecule has 8 heterocycles. The summed E-state index contributed by atoms with van der Waals surface area (Å²) in [7, 11) is 1.47. The Morgan fingerprint density at radius 3 is 1.97 bits per heavy atom. The molecule has 40 heteroatoms. The highest BCUT2D eigenvalue weighted by molar-refractivity contribution is 6.32. The first kappa shape index (κ1) is 87.2. The number of phenols is 3. The fourth-order valence-corrected chi connectivity index (χ4v) is 14.3. The maximum Gasteiger partial charge on any atom is 0.250 e. The number of rotatable bonds is 22. The minimum absolute atomic E-state index is 0.0803. The van der Waals surface area contributed by atoms with Crippen molar-refractivity contribution < 1.29 is 127 Å². The minimum Gasteiger partial charge on any atom is -0.508 e. The number of aromatic hydroxyl groups is 3. The lowest BCUT2D eigenvalue weighted by Gasteiger charge is -2.47. The van der Waals surface area contributed by atoms with Gasteiger partial charge in [-0.2, -0.15) is 0 Å². The second-order valence-electron chi connectivity index (χ2n) is 29.1. The molecule has 7 aliphatic rings. The summed E-state index contributed by atoms with van der Waals surface area (Å²) in [5.41, 5.74) is 8.81. The van der Waals surface area contributed by atoms with Crippen molar-refractivity contribution in [1.29, 1.82) is 0 Å². The number of nitrogens with zero attached hydrogens (tertiary/aromatic N) is 1. The molecule has 628 valence electrons. The Bertz CT molecular complexity index is 4710. The number of hydrogen-bond donors (Lipinski definition) is 20. The van der Waals surface area contributed by atoms with E-state index in [1.165, 1.54) is 51.5 Å². The van der Waals surface area contributed by atoms with Crippen LogP contribution in [0.5, 0.6) is 46.0 Å². The largest absolute Gasteiger partial charge is 0.508 e. The van der Waals surface area contributed by atoms with Crippen molar-refractivity contribution >= 4 is 82.1 Å². The topological polar surface area (TPSA) is 583 Å². The van der Waals surface area contributed by atoms with Gasteiger partial charge in [-0.25, -0.2) is 0 Å². The maximum absolute atomic E-state index is 16.3. The Balaban J connectivity index is 1.07. The molecule has 0 radical (unpaired) electrons. The number of carbonyl (C=O) groups excluding carboxylic acids is 9. The summed E-state index contributed by atoms with van der Waals surface area (Å²) in [6.45, 7) is 4.61. The number of nitrogens with two attached hydrogens (primary N) is 2. The summed E-state index contributed by atoms with van der Waals surface area (Å²) < 4.78 is 49.7. The van der Waals surface area contributed by atoms with Crippen molar-refractivity contribution in [2.45, 2.75) is 156 Å². The second-order valence-corrected chi connectivity index (χ2v) is 29.9. The monoisotopic (exact) mass is 1670 g/mol. The van der Waals surface area contributed by atoms with Crippen molar-refractivity contribution in [3.05, 3.63) is 141 Å². The van der Waals surface area contributed by atoms with E-state index in [-0.39, 0.29) is 79.2 Å². The van der Waals surface area contributed by atoms with Crippen molar-refractivity contribution in [3.63, 3.8) is 0 Å². The smallest absolute Gasteiger partial charge is 0.250 e. The molecule has 1 aromatic heterocycles. The van der Waals surface area contributed by atoms with E-state index in [0.29, 0.717) is 5.69 Å². The number of carbonyl (C=O) groups is 9. The Labute approximate surface area is 677 Å². The zero-order chi connectivity index (χ0) is 84.6. The van der Waals surface area contributed by atoms with Crippen molar-refractivity contribution in [2.24, 2.45) is 17.4 Å². The standard InChI is InChI=1S/C77H90Cl2N12O26/c1-32(2)20-44(82-5)69(103)90-60-62(98)35-7-10-48(42(78)22-35)113-50-24-37-25-51(66(50)117-76-67(65(101)64(100)52(30-92)115-76)116-55-29-77(4,81)68(102)33(3)112-55)114-49-11-8-36(23-43(49)79)63(99)61-75(109)89-59(71(105)84-16-17-110-18-19-111-31-54(97)85-38-12-14-83-15-13-38)41-26-39(93)27-47(95)56(41)40-21-34(6-9-46(40)94)57(72(106)91-61)88-73(107)58(37)87-70(104)45(28-53(80)96)86-74(60)108/h6-15,21-27,32-33,44-45,52,55,57-65,67-68,76,82,92-95,98-102H,16-20,28-31,81H2,1-5H3,(H2,80,96)(H,84,105)(H,86,108)(H,87,104)(H,88,107)(H,89,109)(H,90,103)(H,91,106)(H,83,85,97)/t33-,44+,45-,52+,55-,57+,58+,59-,60+,61-,62+,63+,64+,65-,67+,68+,76-,77-/m0/s1. The molecule has 22 N–H and O–H groups in total. The highest BCUT2D eigenvalue weighted by Crippen LogP contribution is 2.50. The molecule has 2 saturated heterocycles. The van der Waals surface area contributed by atoms with Crippen LogP contribution >= 0.6 is 23.2 Å². The summed E-state index contributed by atoms with van der Waals surface area (Å²) in [5, 5.41) is 128. The summed E-state index contributed by atoms with van der Waals surface area (Å²) in [5.74, 6) is -15.6. The molecular formula is C77H90Cl2N12O26. The van der Waals surface area contributed by atoms with Gasteiger partial charge in [-0.1, -0.05) is 55.2 Å². The van der Waals surface area contributed by atoms with Gasteiger partial charge in [0.1, 0.15) is 102 Å². The fourth-order valence-electron chi connectivity index (χ4n) is 13.9. The van der Waals surface area contributed by atoms with Crippen LogP contribution in [-0.4, -0.2) is 230 Å². The molecule has 0 aliphatic carbocycles. The Morgan fingerprint density at radius 1 is 0.701 bits per heavy atom. The second kappa shape index (κ2) is 37.7. The van der Waals surface area contributed by atoms with Gasteiger partial charge in [0.25, 0.3) is 0 Å². The number of amides is 9. The Hall–Kier alpha value is -10.7. The van der Waals surface area contributed by atoms with Gasteiger partial charge in [0.05, 0.1) is 61.1 Å². The van der Waals surface area contributed by atoms with Gasteiger partial charge in [-0.15, -0.1) is 0 Å². The first-order valence-electron chi connectivity index (χ1n) is 37.0. The molecule has 13 rings (SSSR count). The van der Waals surface area contributed by atoms with Crippen LogP contribution in [0.25, 0.3) is 11.1 Å². The molecule has 18 atom stereocenters. The van der Waals surface area contributed by atoms with E-state index in [1.807, 2.05) is 13.8 Å². The average Bonchev–Trinajstić information content (AvgIpc) is 0.765. The Morgan fingerprint density at radius 2 is 1.33 bits per heavy atom. The van der Waals surface area contributed by atoms with E-state index in [1.54, 1.807) is 12.1 Å². The van der Waals surface area contributed by atoms with Crippen LogP contribution in [0, 0.1) is 5.92 Å². The maximum atomic E-state index is 16.3. The van der Waals surface area contributed by atoms with Gasteiger partial charge in [0.15, 0.2) is 23.9 Å². The van der Waals surface area contributed by atoms with Crippen LogP contribution in [0.3, 0.4) is 0 Å². The molecule has 6 aromatic rings. The number of nitrogens with one attached hydrogen (secondary N) is 9. The van der Waals surface area contributed by atoms with Gasteiger partial charge < -0.3 is 143 Å². The summed E-state index contributed by atoms with van der Waals surface area (Å²) in [4.78, 5) is 136. The van der Waals surface area contributed by atoms with Crippen LogP contribution in [0.2, 0.25) is 10.0 Å². The molecule has 0 spiro atoms. The van der Waals surface area contributed by atoms with Gasteiger partial charge in [-0.05, 0) is 128 Å². The summed E-state index contributed by atoms with van der Waals surface area (Å²) in [6.07, 6.45) is -15.7. The van der Waals surface area contributed by atoms with Crippen molar-refractivity contribution in [2.75, 3.05) is 51.9 Å². The first-order valence-corrected chi connectivity index (χ1v) is 37.7. The number of ether oxygens (including phenoxy) is 8. The van der Waals surface area contributed by atoms with Gasteiger partial charge in [-0.3, -0.25) is 48.1 Å². The molecular weight excluding hydrogens is 1580 g/mol. The predicted molar refractivity (Wildman–Crippen MR) is 409 cm³/mol. The number of pyridine rings is 1. The normalized spacial score (nSPS) is 26.9. The molecule has 2 fully saturated rings. The van der Waals surface area contributed by atoms with Crippen LogP contribution in [0.1, 0.15) is 105 Å². The van der Waals surface area contributed by atoms with E-state index >= 15 is 19.2 Å². The zero-order valence-corrected chi connectivity index (χ0v) is 64.9. The SMILES string of the molecule is CN[C@H](CC(C)C)C(=O)N[C@H]1C(=O)N[C@@H](CC(N)=O)C(=O)N[C@H]2C(=O)N[C@H]3C(=O)N[C@H](C(=O)N[C@H](C(=O)NCCOCCOCC(=O)Nc4ccncc4)c4cc(O)cc(O)c4-c4cc3ccc4O)[C@H](O)c3ccc(c(Cl)c3)Oc3cc2cc(c3O[C@@H]2O[C@H](CO)[C@@H](O)[C@H](O)[C@H]2O[C@H]2C[C@](C)(N)[C@H](O)[C@H](C)O2)Oc2ccc(cc2Cl)[C@H]1O. The number of aromatic nitrogens is 1. The van der Waals surface area contributed by atoms with E-state index in [2.05, 4.69) is 52.8 Å². The lowest BCUT2D eigenvalue weighted by molar-refractivity contribution is -0.333. The van der Waals surface area contributed by atoms with Gasteiger partial charge >= 0.3 is 0 Å². The number of phenolic OH excluding ortho intramolecular Hbond substituents is 3. The molecule has 0 unspecified atom stereocenters. The number of likely N-dealkylation sites (N-methyl/N-ethyl adjacent to an activating group) is 1. The van der Waals surface area contributed by atoms with Gasteiger partial charge in [0.2, 0.25) is 65.2 Å². The van der Waals surface area contributed by atoms with Crippen molar-refractivity contribution in [3.8, 4) is 57.1 Å². The van der Waals surface area contributed by atoms with Crippen LogP contribution < -0.4 is 73.5 Å². The number of primary amides is 1. The highest BCUT2D eigenvalue weighted by atomic mass is 35.5. The highest BCUT2D eigenvalue weighted by Gasteiger charge is 2.52. The third-order valence-corrected chi connectivity index (χ3v) is 20.5. The lowest BCUT2D eigenvalue weighted by Crippen LogP contribution is -2.64. The average molecular weight is 1670 g/mol. The van der Waals surface area contributed by atoms with Crippen LogP contribution in [0.4, 0.5) is 5.69 Å². The van der Waals surface area contributed by atoms with Crippen molar-refractivity contribution in [1.82, 2.24) is 47.5 Å². The quantitative estimate of drug-likeness (QED) is 0.0404. The predicted octanol–water partition coefficient (Wildman–Crippen LogP) is 0.205. The number of anilines is 1. The van der Waals surface area contributed by atoms with E-state index in [0.717, 1.165) is 60.7 Å². The number of benzene rings is 5. The van der Waals surface area contributed by atoms with Crippen LogP contribution in [-0.2, 0) is 66.8 Å². The van der Waals surface area contributed by atoms with E-state index in [9.17, 15) is 69.9 Å². The van der Waals surface area contributed by atoms with Gasteiger partial charge in [0, 0.05) is 53.8 Å². The molecule has 9 amide bonds. The lowest BCUT2D eigenvalue weighted by atomic mass is 9.86. The minimum atomic E-state index is -2.37. The number of fused-ring (bicyclic) bond motifs is 15. The summed E-state index contributed by atoms with van der Waals surface area (Å²) >= 11 is 14.3.